The molecule has 4 saturated carbocycles. The number of hydrogen-bond donors (Lipinski definition) is 1. The molecule has 4 aliphatic rings. The van der Waals surface area contributed by atoms with Crippen LogP contribution >= 0.6 is 11.6 Å². The van der Waals surface area contributed by atoms with Gasteiger partial charge in [0.2, 0.25) is 0 Å². The number of aromatic nitrogens is 2. The summed E-state index contributed by atoms with van der Waals surface area (Å²) in [5.41, 5.74) is 0.688. The van der Waals surface area contributed by atoms with Gasteiger partial charge in [0.05, 0.1) is 5.02 Å². The van der Waals surface area contributed by atoms with Crippen LogP contribution in [0.3, 0.4) is 0 Å². The number of hydrogen-bond acceptors (Lipinski definition) is 3. The van der Waals surface area contributed by atoms with Gasteiger partial charge in [-0.15, -0.1) is 0 Å². The smallest absolute Gasteiger partial charge is 0.271 e. The molecule has 4 bridgehead atoms. The lowest BCUT2D eigenvalue weighted by Gasteiger charge is -2.56. The number of amides is 1. The number of ether oxygens (including phenoxy) is 1. The number of nitrogens with one attached hydrogen (secondary N) is 1. The van der Waals surface area contributed by atoms with Gasteiger partial charge in [-0.2, -0.15) is 5.10 Å². The zero-order chi connectivity index (χ0) is 20.0. The number of carbonyl (C=O) groups excluding carboxylic acids is 1. The van der Waals surface area contributed by atoms with Crippen LogP contribution < -0.4 is 10.1 Å². The first-order valence-electron chi connectivity index (χ1n) is 10.4. The third kappa shape index (κ3) is 3.87. The lowest BCUT2D eigenvalue weighted by Crippen LogP contribution is -2.51. The Hall–Kier alpha value is -2.08. The third-order valence-electron chi connectivity index (χ3n) is 6.92. The van der Waals surface area contributed by atoms with E-state index in [2.05, 4.69) is 10.4 Å². The SMILES string of the molecule is O=C(NCC12CC3CC(CC(C3)C1)C2)c1ccn(COc2ccc(F)c(Cl)c2)n1. The van der Waals surface area contributed by atoms with Crippen LogP contribution in [0.5, 0.6) is 5.75 Å². The molecule has 1 aromatic heterocycles. The number of benzene rings is 1. The molecule has 1 heterocycles. The van der Waals surface area contributed by atoms with Crippen LogP contribution in [0.15, 0.2) is 30.5 Å². The Morgan fingerprint density at radius 2 is 1.90 bits per heavy atom. The predicted molar refractivity (Wildman–Crippen MR) is 107 cm³/mol. The van der Waals surface area contributed by atoms with E-state index in [4.69, 9.17) is 16.3 Å². The van der Waals surface area contributed by atoms with Gasteiger partial charge in [0.15, 0.2) is 6.73 Å². The molecule has 0 aliphatic heterocycles. The van der Waals surface area contributed by atoms with Crippen molar-refractivity contribution in [3.05, 3.63) is 47.0 Å². The Kier molecular flexibility index (Phi) is 4.77. The number of nitrogens with zero attached hydrogens (tertiary/aromatic N) is 2. The fourth-order valence-electron chi connectivity index (χ4n) is 6.13. The van der Waals surface area contributed by atoms with E-state index < -0.39 is 5.82 Å². The molecular formula is C22H25ClFN3O2. The summed E-state index contributed by atoms with van der Waals surface area (Å²) in [6, 6.07) is 5.86. The van der Waals surface area contributed by atoms with Gasteiger partial charge in [0, 0.05) is 18.8 Å². The van der Waals surface area contributed by atoms with E-state index in [1.54, 1.807) is 12.3 Å². The molecule has 1 amide bonds. The lowest BCUT2D eigenvalue weighted by atomic mass is 9.49. The van der Waals surface area contributed by atoms with E-state index in [9.17, 15) is 9.18 Å². The van der Waals surface area contributed by atoms with Crippen LogP contribution in [0, 0.1) is 29.0 Å². The molecular weight excluding hydrogens is 393 g/mol. The van der Waals surface area contributed by atoms with Gasteiger partial charge in [-0.3, -0.25) is 4.79 Å². The van der Waals surface area contributed by atoms with Crippen LogP contribution in [-0.4, -0.2) is 22.2 Å². The highest BCUT2D eigenvalue weighted by Gasteiger charge is 2.50. The van der Waals surface area contributed by atoms with Crippen molar-refractivity contribution in [3.63, 3.8) is 0 Å². The van der Waals surface area contributed by atoms with Gasteiger partial charge in [-0.05, 0) is 79.9 Å². The van der Waals surface area contributed by atoms with Gasteiger partial charge in [-0.25, -0.2) is 9.07 Å². The average Bonchev–Trinajstić information content (AvgIpc) is 3.15. The minimum absolute atomic E-state index is 0.00714. The van der Waals surface area contributed by atoms with Gasteiger partial charge >= 0.3 is 0 Å². The Morgan fingerprint density at radius 3 is 2.55 bits per heavy atom. The summed E-state index contributed by atoms with van der Waals surface area (Å²) in [5, 5.41) is 7.45. The molecule has 4 aliphatic carbocycles. The molecule has 7 heteroatoms. The largest absolute Gasteiger partial charge is 0.471 e. The standard InChI is InChI=1S/C22H25ClFN3O2/c23-18-8-17(1-2-19(18)24)29-13-27-4-3-20(26-27)21(28)25-12-22-9-14-5-15(10-22)7-16(6-14)11-22/h1-4,8,14-16H,5-7,9-13H2,(H,25,28). The van der Waals surface area contributed by atoms with Crippen molar-refractivity contribution in [1.82, 2.24) is 15.1 Å². The second kappa shape index (κ2) is 7.31. The highest BCUT2D eigenvalue weighted by Crippen LogP contribution is 2.59. The summed E-state index contributed by atoms with van der Waals surface area (Å²) >= 11 is 5.76. The monoisotopic (exact) mass is 417 g/mol. The summed E-state index contributed by atoms with van der Waals surface area (Å²) in [5.74, 6) is 2.43. The van der Waals surface area contributed by atoms with E-state index >= 15 is 0 Å². The highest BCUT2D eigenvalue weighted by molar-refractivity contribution is 6.30. The van der Waals surface area contributed by atoms with E-state index in [1.165, 1.54) is 61.4 Å². The van der Waals surface area contributed by atoms with Crippen LogP contribution in [0.25, 0.3) is 0 Å². The number of carbonyl (C=O) groups is 1. The molecule has 2 aromatic rings. The topological polar surface area (TPSA) is 56.2 Å². The molecule has 154 valence electrons. The predicted octanol–water partition coefficient (Wildman–Crippen LogP) is 4.66. The minimum Gasteiger partial charge on any atom is -0.471 e. The van der Waals surface area contributed by atoms with Crippen LogP contribution in [0.4, 0.5) is 4.39 Å². The van der Waals surface area contributed by atoms with Gasteiger partial charge in [0.25, 0.3) is 5.91 Å². The van der Waals surface area contributed by atoms with Crippen molar-refractivity contribution in [2.75, 3.05) is 6.54 Å². The molecule has 0 unspecified atom stereocenters. The van der Waals surface area contributed by atoms with Gasteiger partial charge < -0.3 is 10.1 Å². The second-order valence-electron chi connectivity index (χ2n) is 9.19. The van der Waals surface area contributed by atoms with Crippen LogP contribution in [0.1, 0.15) is 49.0 Å². The first kappa shape index (κ1) is 18.9. The van der Waals surface area contributed by atoms with E-state index in [0.29, 0.717) is 16.9 Å². The van der Waals surface area contributed by atoms with E-state index in [0.717, 1.165) is 24.3 Å². The molecule has 0 radical (unpaired) electrons. The van der Waals surface area contributed by atoms with Crippen molar-refractivity contribution in [2.45, 2.75) is 45.3 Å². The molecule has 4 fully saturated rings. The summed E-state index contributed by atoms with van der Waals surface area (Å²) in [7, 11) is 0. The minimum atomic E-state index is -0.490. The summed E-state index contributed by atoms with van der Waals surface area (Å²) < 4.78 is 20.3. The normalized spacial score (nSPS) is 29.8. The molecule has 1 aromatic carbocycles. The maximum atomic E-state index is 13.2. The van der Waals surface area contributed by atoms with Gasteiger partial charge in [-0.1, -0.05) is 11.6 Å². The molecule has 0 atom stereocenters. The molecule has 1 N–H and O–H groups in total. The van der Waals surface area contributed by atoms with Crippen molar-refractivity contribution < 1.29 is 13.9 Å². The highest BCUT2D eigenvalue weighted by atomic mass is 35.5. The van der Waals surface area contributed by atoms with Crippen LogP contribution in [0.2, 0.25) is 5.02 Å². The van der Waals surface area contributed by atoms with Crippen molar-refractivity contribution in [1.29, 1.82) is 0 Å². The fourth-order valence-corrected chi connectivity index (χ4v) is 6.30. The number of rotatable bonds is 6. The number of halogens is 2. The molecule has 6 rings (SSSR count). The van der Waals surface area contributed by atoms with Gasteiger partial charge in [0.1, 0.15) is 17.3 Å². The Labute approximate surface area is 174 Å². The van der Waals surface area contributed by atoms with E-state index in [1.807, 2.05) is 0 Å². The summed E-state index contributed by atoms with van der Waals surface area (Å²) in [6.45, 7) is 0.872. The lowest BCUT2D eigenvalue weighted by molar-refractivity contribution is -0.0503. The molecule has 5 nitrogen and oxygen atoms in total. The summed E-state index contributed by atoms with van der Waals surface area (Å²) in [6.07, 6.45) is 9.70. The third-order valence-corrected chi connectivity index (χ3v) is 7.21. The Balaban J connectivity index is 1.16. The summed E-state index contributed by atoms with van der Waals surface area (Å²) in [4.78, 5) is 12.6. The van der Waals surface area contributed by atoms with Crippen LogP contribution in [-0.2, 0) is 6.73 Å². The quantitative estimate of drug-likeness (QED) is 0.743. The fraction of sp³-hybridized carbons (Fsp3) is 0.545. The van der Waals surface area contributed by atoms with Crippen molar-refractivity contribution in [3.8, 4) is 5.75 Å². The Morgan fingerprint density at radius 1 is 1.21 bits per heavy atom. The van der Waals surface area contributed by atoms with Crippen molar-refractivity contribution in [2.24, 2.45) is 23.2 Å². The maximum absolute atomic E-state index is 13.2. The zero-order valence-electron chi connectivity index (χ0n) is 16.2. The van der Waals surface area contributed by atoms with Crippen molar-refractivity contribution >= 4 is 17.5 Å². The van der Waals surface area contributed by atoms with E-state index in [-0.39, 0.29) is 17.7 Å². The first-order chi connectivity index (χ1) is 14.0. The molecule has 29 heavy (non-hydrogen) atoms. The first-order valence-corrected chi connectivity index (χ1v) is 10.8. The second-order valence-corrected chi connectivity index (χ2v) is 9.60. The zero-order valence-corrected chi connectivity index (χ0v) is 17.0. The Bertz CT molecular complexity index is 893. The molecule has 0 spiro atoms. The average molecular weight is 418 g/mol. The molecule has 0 saturated heterocycles. The maximum Gasteiger partial charge on any atom is 0.271 e.